The average molecular weight is 364 g/mol. The number of carbonyl (C=O) groups excluding carboxylic acids is 1. The van der Waals surface area contributed by atoms with Crippen LogP contribution in [0.5, 0.6) is 11.5 Å². The molecule has 0 radical (unpaired) electrons. The number of ether oxygens (including phenoxy) is 2. The molecule has 1 aliphatic heterocycles. The van der Waals surface area contributed by atoms with Gasteiger partial charge in [-0.1, -0.05) is 12.1 Å². The highest BCUT2D eigenvalue weighted by atomic mass is 16.5. The zero-order valence-corrected chi connectivity index (χ0v) is 15.2. The lowest BCUT2D eigenvalue weighted by Crippen LogP contribution is -2.26. The highest BCUT2D eigenvalue weighted by Gasteiger charge is 2.34. The Labute approximate surface area is 157 Å². The zero-order chi connectivity index (χ0) is 18.8. The van der Waals surface area contributed by atoms with Crippen molar-refractivity contribution < 1.29 is 18.7 Å². The van der Waals surface area contributed by atoms with E-state index >= 15 is 0 Å². The van der Waals surface area contributed by atoms with Crippen molar-refractivity contribution in [3.8, 4) is 22.8 Å². The number of anilines is 1. The van der Waals surface area contributed by atoms with Crippen LogP contribution in [0.4, 0.5) is 5.69 Å². The first-order valence-corrected chi connectivity index (χ1v) is 8.73. The smallest absolute Gasteiger partial charge is 0.234 e. The molecule has 1 saturated heterocycles. The number of benzene rings is 2. The second-order valence-corrected chi connectivity index (χ2v) is 6.36. The molecule has 6 nitrogen and oxygen atoms in total. The highest BCUT2D eigenvalue weighted by molar-refractivity contribution is 6.00. The molecule has 27 heavy (non-hydrogen) atoms. The Morgan fingerprint density at radius 2 is 2.04 bits per heavy atom. The molecule has 4 rings (SSSR count). The fourth-order valence-corrected chi connectivity index (χ4v) is 3.50. The number of oxazole rings is 1. The van der Waals surface area contributed by atoms with Gasteiger partial charge in [-0.2, -0.15) is 0 Å². The van der Waals surface area contributed by atoms with Gasteiger partial charge in [0.2, 0.25) is 5.91 Å². The molecule has 3 aromatic rings. The molecule has 1 atom stereocenters. The lowest BCUT2D eigenvalue weighted by Gasteiger charge is -2.19. The van der Waals surface area contributed by atoms with Crippen LogP contribution >= 0.6 is 0 Å². The third kappa shape index (κ3) is 3.14. The van der Waals surface area contributed by atoms with E-state index in [1.165, 1.54) is 6.39 Å². The van der Waals surface area contributed by atoms with Crippen molar-refractivity contribution in [1.82, 2.24) is 4.98 Å². The monoisotopic (exact) mass is 364 g/mol. The van der Waals surface area contributed by atoms with Crippen LogP contribution in [0.3, 0.4) is 0 Å². The molecular weight excluding hydrogens is 344 g/mol. The van der Waals surface area contributed by atoms with Gasteiger partial charge in [0.25, 0.3) is 0 Å². The van der Waals surface area contributed by atoms with Gasteiger partial charge in [0.05, 0.1) is 31.9 Å². The van der Waals surface area contributed by atoms with E-state index in [1.807, 2.05) is 42.5 Å². The van der Waals surface area contributed by atoms with Crippen LogP contribution in [-0.4, -0.2) is 31.7 Å². The molecule has 0 N–H and O–H groups in total. The van der Waals surface area contributed by atoms with E-state index in [4.69, 9.17) is 13.9 Å². The molecule has 0 saturated carbocycles. The van der Waals surface area contributed by atoms with Gasteiger partial charge in [0.1, 0.15) is 11.5 Å². The fraction of sp³-hybridized carbons (Fsp3) is 0.238. The number of aromatic nitrogens is 1. The molecular formula is C21H20N2O4. The van der Waals surface area contributed by atoms with E-state index in [9.17, 15) is 4.79 Å². The Bertz CT molecular complexity index is 953. The van der Waals surface area contributed by atoms with Crippen LogP contribution in [-0.2, 0) is 4.79 Å². The van der Waals surface area contributed by atoms with Crippen molar-refractivity contribution in [2.24, 2.45) is 0 Å². The van der Waals surface area contributed by atoms with Gasteiger partial charge in [-0.15, -0.1) is 0 Å². The maximum absolute atomic E-state index is 13.0. The van der Waals surface area contributed by atoms with Crippen molar-refractivity contribution in [2.45, 2.75) is 12.3 Å². The summed E-state index contributed by atoms with van der Waals surface area (Å²) in [5, 5.41) is 0. The molecule has 1 amide bonds. The minimum Gasteiger partial charge on any atom is -0.497 e. The number of hydrogen-bond donors (Lipinski definition) is 0. The molecule has 0 spiro atoms. The summed E-state index contributed by atoms with van der Waals surface area (Å²) in [6, 6.07) is 13.4. The van der Waals surface area contributed by atoms with Crippen molar-refractivity contribution in [2.75, 3.05) is 25.7 Å². The fourth-order valence-electron chi connectivity index (χ4n) is 3.50. The number of methoxy groups -OCH3 is 2. The standard InChI is InChI=1S/C21H20N2O4/c1-25-16-5-3-4-14(10-16)17-8-9-23(21(17)24)15-6-7-18(19(11-15)26-2)20-12-22-13-27-20/h3-7,10-13,17H,8-9H2,1-2H3. The number of amides is 1. The van der Waals surface area contributed by atoms with Gasteiger partial charge >= 0.3 is 0 Å². The lowest BCUT2D eigenvalue weighted by atomic mass is 9.97. The van der Waals surface area contributed by atoms with Gasteiger partial charge in [-0.25, -0.2) is 4.98 Å². The van der Waals surface area contributed by atoms with Gasteiger partial charge in [0, 0.05) is 18.3 Å². The molecule has 1 fully saturated rings. The first kappa shape index (κ1) is 17.1. The van der Waals surface area contributed by atoms with Crippen molar-refractivity contribution >= 4 is 11.6 Å². The van der Waals surface area contributed by atoms with Crippen LogP contribution in [0.2, 0.25) is 0 Å². The van der Waals surface area contributed by atoms with Crippen LogP contribution < -0.4 is 14.4 Å². The Balaban J connectivity index is 1.61. The van der Waals surface area contributed by atoms with E-state index in [0.29, 0.717) is 18.1 Å². The Kier molecular flexibility index (Phi) is 4.54. The van der Waals surface area contributed by atoms with Crippen LogP contribution in [0, 0.1) is 0 Å². The molecule has 0 aliphatic carbocycles. The zero-order valence-electron chi connectivity index (χ0n) is 15.2. The first-order valence-electron chi connectivity index (χ1n) is 8.73. The Morgan fingerprint density at radius 3 is 2.78 bits per heavy atom. The summed E-state index contributed by atoms with van der Waals surface area (Å²) in [6.45, 7) is 0.658. The molecule has 2 heterocycles. The van der Waals surface area contributed by atoms with Gasteiger partial charge in [-0.3, -0.25) is 4.79 Å². The molecule has 1 unspecified atom stereocenters. The van der Waals surface area contributed by atoms with E-state index in [1.54, 1.807) is 25.3 Å². The minimum absolute atomic E-state index is 0.0812. The van der Waals surface area contributed by atoms with Crippen molar-refractivity contribution in [3.05, 3.63) is 60.6 Å². The van der Waals surface area contributed by atoms with E-state index < -0.39 is 0 Å². The summed E-state index contributed by atoms with van der Waals surface area (Å²) in [5.74, 6) is 1.94. The molecule has 1 aromatic heterocycles. The largest absolute Gasteiger partial charge is 0.497 e. The maximum atomic E-state index is 13.0. The predicted molar refractivity (Wildman–Crippen MR) is 101 cm³/mol. The Morgan fingerprint density at radius 1 is 1.15 bits per heavy atom. The minimum atomic E-state index is -0.167. The number of carbonyl (C=O) groups is 1. The summed E-state index contributed by atoms with van der Waals surface area (Å²) in [5.41, 5.74) is 2.59. The summed E-state index contributed by atoms with van der Waals surface area (Å²) in [7, 11) is 3.23. The quantitative estimate of drug-likeness (QED) is 0.687. The molecule has 138 valence electrons. The third-order valence-electron chi connectivity index (χ3n) is 4.90. The lowest BCUT2D eigenvalue weighted by molar-refractivity contribution is -0.118. The van der Waals surface area contributed by atoms with E-state index in [2.05, 4.69) is 4.98 Å². The SMILES string of the molecule is COc1cccc(C2CCN(c3ccc(-c4cnco4)c(OC)c3)C2=O)c1. The highest BCUT2D eigenvalue weighted by Crippen LogP contribution is 2.37. The van der Waals surface area contributed by atoms with E-state index in [0.717, 1.165) is 29.0 Å². The molecule has 6 heteroatoms. The first-order chi connectivity index (χ1) is 13.2. The molecule has 0 bridgehead atoms. The summed E-state index contributed by atoms with van der Waals surface area (Å²) >= 11 is 0. The summed E-state index contributed by atoms with van der Waals surface area (Å²) in [6.07, 6.45) is 3.78. The third-order valence-corrected chi connectivity index (χ3v) is 4.90. The summed E-state index contributed by atoms with van der Waals surface area (Å²) in [4.78, 5) is 18.8. The van der Waals surface area contributed by atoms with Crippen LogP contribution in [0.15, 0.2) is 59.5 Å². The van der Waals surface area contributed by atoms with Crippen LogP contribution in [0.25, 0.3) is 11.3 Å². The van der Waals surface area contributed by atoms with Crippen molar-refractivity contribution in [3.63, 3.8) is 0 Å². The Hall–Kier alpha value is -3.28. The van der Waals surface area contributed by atoms with Crippen LogP contribution in [0.1, 0.15) is 17.9 Å². The topological polar surface area (TPSA) is 64.8 Å². The second-order valence-electron chi connectivity index (χ2n) is 6.36. The number of nitrogens with zero attached hydrogens (tertiary/aromatic N) is 2. The van der Waals surface area contributed by atoms with Gasteiger partial charge in [-0.05, 0) is 36.2 Å². The summed E-state index contributed by atoms with van der Waals surface area (Å²) < 4.78 is 16.2. The second kappa shape index (κ2) is 7.15. The van der Waals surface area contributed by atoms with Gasteiger partial charge in [0.15, 0.2) is 12.2 Å². The van der Waals surface area contributed by atoms with Gasteiger partial charge < -0.3 is 18.8 Å². The maximum Gasteiger partial charge on any atom is 0.234 e. The van der Waals surface area contributed by atoms with E-state index in [-0.39, 0.29) is 11.8 Å². The number of rotatable bonds is 5. The average Bonchev–Trinajstić information content (AvgIpc) is 3.37. The molecule has 2 aromatic carbocycles. The molecule has 1 aliphatic rings. The predicted octanol–water partition coefficient (Wildman–Crippen LogP) is 3.88. The van der Waals surface area contributed by atoms with Crippen molar-refractivity contribution in [1.29, 1.82) is 0 Å². The number of hydrogen-bond acceptors (Lipinski definition) is 5. The normalized spacial score (nSPS) is 16.6.